The summed E-state index contributed by atoms with van der Waals surface area (Å²) in [6.45, 7) is 11.8. The van der Waals surface area contributed by atoms with Crippen LogP contribution in [0.3, 0.4) is 0 Å². The zero-order chi connectivity index (χ0) is 22.4. The van der Waals surface area contributed by atoms with Crippen LogP contribution < -0.4 is 0 Å². The van der Waals surface area contributed by atoms with Gasteiger partial charge in [0.15, 0.2) is 0 Å². The van der Waals surface area contributed by atoms with E-state index in [4.69, 9.17) is 0 Å². The first-order valence-electron chi connectivity index (χ1n) is 10.0. The molecule has 0 atom stereocenters. The number of aromatic hydroxyl groups is 4. The number of phenolic OH excluding ortho intramolecular Hbond substituents is 4. The molecule has 0 bridgehead atoms. The highest BCUT2D eigenvalue weighted by atomic mass is 16.3. The van der Waals surface area contributed by atoms with Crippen molar-refractivity contribution < 1.29 is 20.4 Å². The minimum Gasteiger partial charge on any atom is -0.508 e. The lowest BCUT2D eigenvalue weighted by atomic mass is 9.74. The van der Waals surface area contributed by atoms with Crippen molar-refractivity contribution in [2.45, 2.75) is 52.4 Å². The molecule has 0 spiro atoms. The average molecular weight is 407 g/mol. The maximum Gasteiger partial charge on any atom is 0.123 e. The van der Waals surface area contributed by atoms with Gasteiger partial charge < -0.3 is 20.4 Å². The van der Waals surface area contributed by atoms with Crippen LogP contribution in [0.4, 0.5) is 0 Å². The van der Waals surface area contributed by atoms with Crippen LogP contribution in [0.25, 0.3) is 0 Å². The SMILES string of the molecule is Cc1cc(C(C)(C)c2ccc(C(C)(C)c3cc(C)c(O)cc3O)cc2)c(O)cc1O. The first-order chi connectivity index (χ1) is 13.9. The number of rotatable bonds is 4. The lowest BCUT2D eigenvalue weighted by Gasteiger charge is -2.30. The van der Waals surface area contributed by atoms with Crippen molar-refractivity contribution in [2.24, 2.45) is 0 Å². The van der Waals surface area contributed by atoms with Crippen molar-refractivity contribution in [1.82, 2.24) is 0 Å². The van der Waals surface area contributed by atoms with E-state index in [0.717, 1.165) is 22.3 Å². The molecule has 0 unspecified atom stereocenters. The van der Waals surface area contributed by atoms with E-state index in [1.165, 1.54) is 12.1 Å². The molecule has 0 saturated heterocycles. The summed E-state index contributed by atoms with van der Waals surface area (Å²) in [5.41, 5.74) is 4.03. The Labute approximate surface area is 178 Å². The molecule has 0 aliphatic rings. The van der Waals surface area contributed by atoms with Crippen LogP contribution in [0.15, 0.2) is 48.5 Å². The zero-order valence-corrected chi connectivity index (χ0v) is 18.4. The smallest absolute Gasteiger partial charge is 0.123 e. The Kier molecular flexibility index (Phi) is 5.23. The van der Waals surface area contributed by atoms with Crippen molar-refractivity contribution in [2.75, 3.05) is 0 Å². The van der Waals surface area contributed by atoms with Crippen molar-refractivity contribution >= 4 is 0 Å². The molecule has 4 nitrogen and oxygen atoms in total. The molecule has 3 aromatic rings. The number of hydrogen-bond acceptors (Lipinski definition) is 4. The van der Waals surface area contributed by atoms with Crippen molar-refractivity contribution in [3.63, 3.8) is 0 Å². The lowest BCUT2D eigenvalue weighted by Crippen LogP contribution is -2.22. The van der Waals surface area contributed by atoms with Crippen molar-refractivity contribution in [1.29, 1.82) is 0 Å². The first-order valence-corrected chi connectivity index (χ1v) is 10.0. The van der Waals surface area contributed by atoms with Crippen LogP contribution in [-0.2, 0) is 10.8 Å². The van der Waals surface area contributed by atoms with Crippen molar-refractivity contribution in [3.05, 3.63) is 81.9 Å². The topological polar surface area (TPSA) is 80.9 Å². The lowest BCUT2D eigenvalue weighted by molar-refractivity contribution is 0.432. The quantitative estimate of drug-likeness (QED) is 0.443. The van der Waals surface area contributed by atoms with E-state index in [1.54, 1.807) is 0 Å². The third kappa shape index (κ3) is 3.58. The summed E-state index contributed by atoms with van der Waals surface area (Å²) in [5.74, 6) is 0.287. The number of aryl methyl sites for hydroxylation is 2. The van der Waals surface area contributed by atoms with Crippen LogP contribution in [0, 0.1) is 13.8 Å². The fourth-order valence-electron chi connectivity index (χ4n) is 3.99. The number of benzene rings is 3. The van der Waals surface area contributed by atoms with Gasteiger partial charge in [-0.3, -0.25) is 0 Å². The maximum atomic E-state index is 10.4. The maximum absolute atomic E-state index is 10.4. The third-order valence-electron chi connectivity index (χ3n) is 6.30. The second-order valence-electron chi connectivity index (χ2n) is 9.14. The van der Waals surface area contributed by atoms with Crippen LogP contribution >= 0.6 is 0 Å². The van der Waals surface area contributed by atoms with E-state index in [2.05, 4.69) is 0 Å². The minimum absolute atomic E-state index is 0.0667. The van der Waals surface area contributed by atoms with Gasteiger partial charge in [-0.15, -0.1) is 0 Å². The molecule has 30 heavy (non-hydrogen) atoms. The van der Waals surface area contributed by atoms with E-state index in [1.807, 2.05) is 77.9 Å². The molecule has 0 fully saturated rings. The molecule has 4 heteroatoms. The molecule has 4 N–H and O–H groups in total. The van der Waals surface area contributed by atoms with E-state index in [0.29, 0.717) is 11.1 Å². The molecule has 3 rings (SSSR count). The van der Waals surface area contributed by atoms with Gasteiger partial charge in [0.1, 0.15) is 23.0 Å². The van der Waals surface area contributed by atoms with Gasteiger partial charge in [0, 0.05) is 34.1 Å². The molecule has 0 aliphatic heterocycles. The largest absolute Gasteiger partial charge is 0.508 e. The Balaban J connectivity index is 2.02. The Bertz CT molecular complexity index is 1000. The van der Waals surface area contributed by atoms with Crippen LogP contribution in [0.1, 0.15) is 61.1 Å². The molecule has 0 radical (unpaired) electrons. The predicted molar refractivity (Wildman–Crippen MR) is 120 cm³/mol. The highest BCUT2D eigenvalue weighted by Gasteiger charge is 2.30. The molecule has 0 saturated carbocycles. The minimum atomic E-state index is -0.470. The van der Waals surface area contributed by atoms with E-state index in [-0.39, 0.29) is 23.0 Å². The molecule has 0 heterocycles. The van der Waals surface area contributed by atoms with Gasteiger partial charge in [-0.2, -0.15) is 0 Å². The summed E-state index contributed by atoms with van der Waals surface area (Å²) in [6, 6.07) is 14.5. The van der Waals surface area contributed by atoms with Gasteiger partial charge >= 0.3 is 0 Å². The predicted octanol–water partition coefficient (Wildman–Crippen LogP) is 5.78. The van der Waals surface area contributed by atoms with Gasteiger partial charge in [0.2, 0.25) is 0 Å². The normalized spacial score (nSPS) is 12.2. The van der Waals surface area contributed by atoms with Crippen LogP contribution in [-0.4, -0.2) is 20.4 Å². The second-order valence-corrected chi connectivity index (χ2v) is 9.14. The van der Waals surface area contributed by atoms with Gasteiger partial charge in [-0.1, -0.05) is 52.0 Å². The van der Waals surface area contributed by atoms with Gasteiger partial charge in [0.05, 0.1) is 0 Å². The Hall–Kier alpha value is -3.14. The van der Waals surface area contributed by atoms with Crippen molar-refractivity contribution in [3.8, 4) is 23.0 Å². The van der Waals surface area contributed by atoms with Gasteiger partial charge in [0.25, 0.3) is 0 Å². The summed E-state index contributed by atoms with van der Waals surface area (Å²) in [5, 5.41) is 40.5. The third-order valence-corrected chi connectivity index (χ3v) is 6.30. The zero-order valence-electron chi connectivity index (χ0n) is 18.4. The van der Waals surface area contributed by atoms with Gasteiger partial charge in [-0.25, -0.2) is 0 Å². The fourth-order valence-corrected chi connectivity index (χ4v) is 3.99. The van der Waals surface area contributed by atoms with E-state index < -0.39 is 10.8 Å². The summed E-state index contributed by atoms with van der Waals surface area (Å²) in [4.78, 5) is 0. The molecular formula is C26H30O4. The second kappa shape index (κ2) is 7.28. The Morgan fingerprint density at radius 1 is 0.500 bits per heavy atom. The average Bonchev–Trinajstić information content (AvgIpc) is 2.67. The van der Waals surface area contributed by atoms with Crippen LogP contribution in [0.5, 0.6) is 23.0 Å². The highest BCUT2D eigenvalue weighted by molar-refractivity contribution is 5.54. The Morgan fingerprint density at radius 2 is 0.800 bits per heavy atom. The molecule has 3 aromatic carbocycles. The van der Waals surface area contributed by atoms with E-state index >= 15 is 0 Å². The highest BCUT2D eigenvalue weighted by Crippen LogP contribution is 2.42. The fraction of sp³-hybridized carbons (Fsp3) is 0.308. The summed E-state index contributed by atoms with van der Waals surface area (Å²) in [6.07, 6.45) is 0. The number of hydrogen-bond donors (Lipinski definition) is 4. The Morgan fingerprint density at radius 3 is 1.10 bits per heavy atom. The van der Waals surface area contributed by atoms with E-state index in [9.17, 15) is 20.4 Å². The summed E-state index contributed by atoms with van der Waals surface area (Å²) >= 11 is 0. The molecule has 0 aliphatic carbocycles. The van der Waals surface area contributed by atoms with Crippen LogP contribution in [0.2, 0.25) is 0 Å². The van der Waals surface area contributed by atoms with Gasteiger partial charge in [-0.05, 0) is 48.2 Å². The number of phenols is 4. The summed E-state index contributed by atoms with van der Waals surface area (Å²) < 4.78 is 0. The molecule has 158 valence electrons. The molecular weight excluding hydrogens is 376 g/mol. The standard InChI is InChI=1S/C26H30O4/c1-15-11-19(23(29)13-21(15)27)25(3,4)17-7-9-18(10-8-17)26(5,6)20-12-16(2)22(28)14-24(20)30/h7-14,27-30H,1-6H3. The monoisotopic (exact) mass is 406 g/mol. The summed E-state index contributed by atoms with van der Waals surface area (Å²) in [7, 11) is 0. The molecule has 0 amide bonds. The first kappa shape index (κ1) is 21.6. The molecule has 0 aromatic heterocycles.